The van der Waals surface area contributed by atoms with Crippen molar-refractivity contribution in [3.63, 3.8) is 0 Å². The van der Waals surface area contributed by atoms with Crippen LogP contribution in [-0.4, -0.2) is 32.7 Å². The van der Waals surface area contributed by atoms with E-state index in [1.165, 1.54) is 17.0 Å². The van der Waals surface area contributed by atoms with Crippen molar-refractivity contribution in [1.82, 2.24) is 19.8 Å². The molecular formula is C30H32ClN5S. The highest BCUT2D eigenvalue weighted by molar-refractivity contribution is 7.80. The molecule has 0 aliphatic carbocycles. The van der Waals surface area contributed by atoms with Crippen LogP contribution in [0.3, 0.4) is 0 Å². The molecule has 2 unspecified atom stereocenters. The smallest absolute Gasteiger partial charge is 0.170 e. The molecule has 0 saturated carbocycles. The summed E-state index contributed by atoms with van der Waals surface area (Å²) in [6.07, 6.45) is 2.80. The van der Waals surface area contributed by atoms with Crippen LogP contribution in [0.1, 0.15) is 46.7 Å². The lowest BCUT2D eigenvalue weighted by Crippen LogP contribution is -2.31. The molecule has 1 aliphatic rings. The summed E-state index contributed by atoms with van der Waals surface area (Å²) in [7, 11) is 0. The van der Waals surface area contributed by atoms with Crippen LogP contribution < -0.4 is 10.6 Å². The van der Waals surface area contributed by atoms with Gasteiger partial charge in [0.25, 0.3) is 0 Å². The summed E-state index contributed by atoms with van der Waals surface area (Å²) in [5.74, 6) is 0. The van der Waals surface area contributed by atoms with Gasteiger partial charge >= 0.3 is 0 Å². The highest BCUT2D eigenvalue weighted by Gasteiger charge is 2.41. The molecule has 7 heteroatoms. The Labute approximate surface area is 229 Å². The lowest BCUT2D eigenvalue weighted by atomic mass is 9.96. The molecule has 0 radical (unpaired) electrons. The molecule has 0 amide bonds. The minimum atomic E-state index is -0.0369. The molecular weight excluding hydrogens is 498 g/mol. The second-order valence-electron chi connectivity index (χ2n) is 9.51. The van der Waals surface area contributed by atoms with Gasteiger partial charge in [-0.05, 0) is 93.0 Å². The van der Waals surface area contributed by atoms with Crippen LogP contribution >= 0.6 is 23.8 Å². The molecule has 190 valence electrons. The molecule has 0 bridgehead atoms. The zero-order valence-corrected chi connectivity index (χ0v) is 23.0. The Hall–Kier alpha value is -3.35. The third-order valence-electron chi connectivity index (χ3n) is 7.15. The Morgan fingerprint density at radius 2 is 1.78 bits per heavy atom. The molecule has 5 rings (SSSR count). The van der Waals surface area contributed by atoms with E-state index in [0.717, 1.165) is 52.3 Å². The van der Waals surface area contributed by atoms with E-state index in [2.05, 4.69) is 71.2 Å². The van der Waals surface area contributed by atoms with Gasteiger partial charge in [0, 0.05) is 47.1 Å². The van der Waals surface area contributed by atoms with E-state index in [-0.39, 0.29) is 12.1 Å². The van der Waals surface area contributed by atoms with Crippen molar-refractivity contribution in [3.05, 3.63) is 112 Å². The number of pyridine rings is 1. The monoisotopic (exact) mass is 529 g/mol. The van der Waals surface area contributed by atoms with Crippen molar-refractivity contribution >= 4 is 34.6 Å². The quantitative estimate of drug-likeness (QED) is 0.191. The van der Waals surface area contributed by atoms with E-state index >= 15 is 0 Å². The van der Waals surface area contributed by atoms with Crippen molar-refractivity contribution < 1.29 is 0 Å². The highest BCUT2D eigenvalue weighted by Crippen LogP contribution is 2.41. The number of rotatable bonds is 8. The predicted octanol–water partition coefficient (Wildman–Crippen LogP) is 6.93. The van der Waals surface area contributed by atoms with E-state index in [1.807, 2.05) is 48.7 Å². The Morgan fingerprint density at radius 1 is 1.00 bits per heavy atom. The summed E-state index contributed by atoms with van der Waals surface area (Å²) in [5, 5.41) is 8.65. The summed E-state index contributed by atoms with van der Waals surface area (Å²) in [5.41, 5.74) is 7.90. The van der Waals surface area contributed by atoms with Crippen molar-refractivity contribution in [2.24, 2.45) is 0 Å². The van der Waals surface area contributed by atoms with Crippen LogP contribution in [0.4, 0.5) is 5.69 Å². The number of aryl methyl sites for hydroxylation is 1. The summed E-state index contributed by atoms with van der Waals surface area (Å²) in [6.45, 7) is 8.12. The van der Waals surface area contributed by atoms with Gasteiger partial charge in [-0.15, -0.1) is 0 Å². The fraction of sp³-hybridized carbons (Fsp3) is 0.267. The number of nitrogens with one attached hydrogen (secondary N) is 2. The molecule has 2 N–H and O–H groups in total. The average molecular weight is 530 g/mol. The second-order valence-corrected chi connectivity index (χ2v) is 10.3. The van der Waals surface area contributed by atoms with Gasteiger partial charge in [-0.3, -0.25) is 4.98 Å². The number of halogens is 1. The van der Waals surface area contributed by atoms with Crippen LogP contribution in [0.5, 0.6) is 0 Å². The normalized spacial score (nSPS) is 17.2. The van der Waals surface area contributed by atoms with Gasteiger partial charge in [-0.2, -0.15) is 0 Å². The van der Waals surface area contributed by atoms with Gasteiger partial charge < -0.3 is 20.1 Å². The largest absolute Gasteiger partial charge is 0.385 e. The second kappa shape index (κ2) is 11.0. The molecule has 5 nitrogen and oxygen atoms in total. The standard InChI is InChI=1S/C30H32ClN5S/c1-20-19-24(22(3)36(20)27-15-9-13-25(31)21(27)2)29-28(26-14-7-8-16-33-26)34-30(37)35(29)18-10-17-32-23-11-5-4-6-12-23/h4-9,11-16,19,28-29,32H,10,17-18H2,1-3H3,(H,34,37). The Morgan fingerprint density at radius 3 is 2.54 bits per heavy atom. The summed E-state index contributed by atoms with van der Waals surface area (Å²) >= 11 is 12.4. The predicted molar refractivity (Wildman–Crippen MR) is 157 cm³/mol. The topological polar surface area (TPSA) is 45.1 Å². The fourth-order valence-corrected chi connectivity index (χ4v) is 5.82. The first-order valence-corrected chi connectivity index (χ1v) is 13.5. The van der Waals surface area contributed by atoms with Gasteiger partial charge in [0.15, 0.2) is 5.11 Å². The number of para-hydroxylation sites is 1. The van der Waals surface area contributed by atoms with Gasteiger partial charge in [-0.1, -0.05) is 41.9 Å². The number of thiocarbonyl (C=S) groups is 1. The Bertz CT molecular complexity index is 1390. The van der Waals surface area contributed by atoms with Crippen molar-refractivity contribution in [3.8, 4) is 5.69 Å². The van der Waals surface area contributed by atoms with Crippen LogP contribution in [0.25, 0.3) is 5.69 Å². The van der Waals surface area contributed by atoms with Crippen molar-refractivity contribution in [1.29, 1.82) is 0 Å². The van der Waals surface area contributed by atoms with E-state index in [1.54, 1.807) is 0 Å². The summed E-state index contributed by atoms with van der Waals surface area (Å²) in [6, 6.07) is 24.7. The first kappa shape index (κ1) is 25.3. The third-order valence-corrected chi connectivity index (χ3v) is 7.91. The summed E-state index contributed by atoms with van der Waals surface area (Å²) < 4.78 is 2.31. The van der Waals surface area contributed by atoms with E-state index in [0.29, 0.717) is 0 Å². The maximum Gasteiger partial charge on any atom is 0.170 e. The van der Waals surface area contributed by atoms with Crippen LogP contribution in [0.15, 0.2) is 79.0 Å². The minimum absolute atomic E-state index is 0.0264. The first-order chi connectivity index (χ1) is 18.0. The molecule has 1 aliphatic heterocycles. The number of hydrogen-bond donors (Lipinski definition) is 2. The van der Waals surface area contributed by atoms with Crippen LogP contribution in [0.2, 0.25) is 5.02 Å². The molecule has 0 spiro atoms. The maximum absolute atomic E-state index is 6.50. The SMILES string of the molecule is Cc1c(Cl)cccc1-n1c(C)cc(C2C(c3ccccn3)NC(=S)N2CCCNc2ccccc2)c1C. The Kier molecular flexibility index (Phi) is 7.49. The molecule has 1 saturated heterocycles. The van der Waals surface area contributed by atoms with Crippen molar-refractivity contribution in [2.75, 3.05) is 18.4 Å². The van der Waals surface area contributed by atoms with Gasteiger partial charge in [0.2, 0.25) is 0 Å². The molecule has 2 aromatic heterocycles. The van der Waals surface area contributed by atoms with E-state index in [9.17, 15) is 0 Å². The number of anilines is 1. The minimum Gasteiger partial charge on any atom is -0.385 e. The maximum atomic E-state index is 6.50. The van der Waals surface area contributed by atoms with Gasteiger partial charge in [-0.25, -0.2) is 0 Å². The lowest BCUT2D eigenvalue weighted by molar-refractivity contribution is 0.315. The van der Waals surface area contributed by atoms with Gasteiger partial charge in [0.1, 0.15) is 0 Å². The molecule has 2 aromatic carbocycles. The highest BCUT2D eigenvalue weighted by atomic mass is 35.5. The molecule has 2 atom stereocenters. The number of hydrogen-bond acceptors (Lipinski definition) is 3. The van der Waals surface area contributed by atoms with Crippen LogP contribution in [-0.2, 0) is 0 Å². The van der Waals surface area contributed by atoms with Crippen molar-refractivity contribution in [2.45, 2.75) is 39.3 Å². The molecule has 1 fully saturated rings. The summed E-state index contributed by atoms with van der Waals surface area (Å²) in [4.78, 5) is 7.03. The number of benzene rings is 2. The molecule has 37 heavy (non-hydrogen) atoms. The molecule has 4 aromatic rings. The van der Waals surface area contributed by atoms with Crippen LogP contribution in [0, 0.1) is 20.8 Å². The van der Waals surface area contributed by atoms with E-state index < -0.39 is 0 Å². The zero-order valence-electron chi connectivity index (χ0n) is 21.4. The zero-order chi connectivity index (χ0) is 25.9. The number of nitrogens with zero attached hydrogens (tertiary/aromatic N) is 3. The van der Waals surface area contributed by atoms with Gasteiger partial charge in [0.05, 0.1) is 17.8 Å². The first-order valence-electron chi connectivity index (χ1n) is 12.7. The fourth-order valence-electron chi connectivity index (χ4n) is 5.32. The lowest BCUT2D eigenvalue weighted by Gasteiger charge is -2.28. The average Bonchev–Trinajstić information content (AvgIpc) is 3.39. The third kappa shape index (κ3) is 5.09. The number of aromatic nitrogens is 2. The molecule has 3 heterocycles. The Balaban J connectivity index is 1.48. The van der Waals surface area contributed by atoms with E-state index in [4.69, 9.17) is 28.8 Å².